The number of benzene rings is 1. The van der Waals surface area contributed by atoms with E-state index in [4.69, 9.17) is 27.1 Å². The summed E-state index contributed by atoms with van der Waals surface area (Å²) in [6, 6.07) is 3.12. The molecule has 2 N–H and O–H groups in total. The number of hydrogen-bond donors (Lipinski definition) is 1. The van der Waals surface area contributed by atoms with Crippen LogP contribution < -0.4 is 5.73 Å². The van der Waals surface area contributed by atoms with Crippen molar-refractivity contribution in [2.75, 3.05) is 13.2 Å². The summed E-state index contributed by atoms with van der Waals surface area (Å²) < 4.78 is 18.9. The Morgan fingerprint density at radius 3 is 2.87 bits per heavy atom. The first-order valence-electron chi connectivity index (χ1n) is 9.30. The van der Waals surface area contributed by atoms with Crippen LogP contribution in [0.25, 0.3) is 0 Å². The van der Waals surface area contributed by atoms with Gasteiger partial charge < -0.3 is 15.4 Å². The van der Waals surface area contributed by atoms with Gasteiger partial charge in [0.05, 0.1) is 18.1 Å². The predicted octanol–water partition coefficient (Wildman–Crippen LogP) is 3.06. The van der Waals surface area contributed by atoms with Crippen LogP contribution in [0.4, 0.5) is 4.39 Å². The van der Waals surface area contributed by atoms with E-state index in [1.165, 1.54) is 29.5 Å². The van der Waals surface area contributed by atoms with E-state index >= 15 is 0 Å². The number of ether oxygens (including phenoxy) is 1. The summed E-state index contributed by atoms with van der Waals surface area (Å²) in [5.41, 5.74) is 6.90. The number of carbonyl (C=O) groups excluding carboxylic acids is 2. The Kier molecular flexibility index (Phi) is 5.57. The van der Waals surface area contributed by atoms with Gasteiger partial charge in [-0.2, -0.15) is 0 Å². The highest BCUT2D eigenvalue weighted by Crippen LogP contribution is 2.43. The Morgan fingerprint density at radius 2 is 2.23 bits per heavy atom. The van der Waals surface area contributed by atoms with Gasteiger partial charge in [0.2, 0.25) is 5.91 Å². The van der Waals surface area contributed by atoms with Crippen molar-refractivity contribution in [2.45, 2.75) is 19.4 Å². The van der Waals surface area contributed by atoms with Crippen LogP contribution in [0.15, 0.2) is 46.0 Å². The lowest BCUT2D eigenvalue weighted by Crippen LogP contribution is -2.36. The van der Waals surface area contributed by atoms with Gasteiger partial charge in [-0.25, -0.2) is 14.2 Å². The first-order chi connectivity index (χ1) is 14.4. The highest BCUT2D eigenvalue weighted by molar-refractivity contribution is 7.11. The first kappa shape index (κ1) is 20.5. The summed E-state index contributed by atoms with van der Waals surface area (Å²) in [6.07, 6.45) is 1.91. The smallest absolute Gasteiger partial charge is 0.338 e. The van der Waals surface area contributed by atoms with Gasteiger partial charge in [0.25, 0.3) is 0 Å². The lowest BCUT2D eigenvalue weighted by Gasteiger charge is -2.31. The topological polar surface area (TPSA) is 97.9 Å². The number of allylic oxidation sites excluding steroid dienone is 1. The molecule has 1 amide bonds. The zero-order valence-electron chi connectivity index (χ0n) is 16.0. The van der Waals surface area contributed by atoms with Crippen molar-refractivity contribution in [3.63, 3.8) is 0 Å². The van der Waals surface area contributed by atoms with E-state index in [9.17, 15) is 14.0 Å². The summed E-state index contributed by atoms with van der Waals surface area (Å²) in [7, 11) is 0. The molecular formula is C20H18ClFN4O3S. The zero-order valence-corrected chi connectivity index (χ0v) is 17.5. The molecule has 2 aromatic rings. The number of amides is 1. The standard InChI is InChI=1S/C20H18ClFN4O3S/c1-2-29-20(28)15-14-7-10(17(23)27)9-26(14)18(19-24-5-6-30-19)25-16(15)12-4-3-11(22)8-13(12)21/h3-6,8,10,16H,2,7,9H2,1H3,(H2,23,27)/t10-,16+/m1/s1. The summed E-state index contributed by atoms with van der Waals surface area (Å²) in [5.74, 6) is -1.49. The fraction of sp³-hybridized carbons (Fsp3) is 0.300. The number of nitrogens with two attached hydrogens (primary N) is 1. The molecule has 1 fully saturated rings. The van der Waals surface area contributed by atoms with Crippen molar-refractivity contribution in [3.05, 3.63) is 62.5 Å². The lowest BCUT2D eigenvalue weighted by molar-refractivity contribution is -0.139. The molecule has 30 heavy (non-hydrogen) atoms. The number of esters is 1. The number of primary amides is 1. The Morgan fingerprint density at radius 1 is 1.43 bits per heavy atom. The molecule has 0 saturated carbocycles. The molecule has 3 heterocycles. The van der Waals surface area contributed by atoms with E-state index < -0.39 is 29.7 Å². The summed E-state index contributed by atoms with van der Waals surface area (Å²) in [5, 5.41) is 2.58. The Bertz CT molecular complexity index is 1070. The van der Waals surface area contributed by atoms with E-state index in [0.29, 0.717) is 22.1 Å². The molecule has 0 radical (unpaired) electrons. The van der Waals surface area contributed by atoms with E-state index in [0.717, 1.165) is 0 Å². The maximum atomic E-state index is 13.7. The molecule has 1 saturated heterocycles. The number of rotatable bonds is 5. The molecule has 7 nitrogen and oxygen atoms in total. The monoisotopic (exact) mass is 448 g/mol. The number of nitrogens with zero attached hydrogens (tertiary/aromatic N) is 3. The van der Waals surface area contributed by atoms with Crippen LogP contribution in [0, 0.1) is 11.7 Å². The normalized spacial score (nSPS) is 20.8. The average Bonchev–Trinajstić information content (AvgIpc) is 3.37. The lowest BCUT2D eigenvalue weighted by atomic mass is 9.93. The van der Waals surface area contributed by atoms with Crippen molar-refractivity contribution >= 4 is 40.6 Å². The van der Waals surface area contributed by atoms with Crippen LogP contribution >= 0.6 is 22.9 Å². The molecule has 156 valence electrons. The number of hydrogen-bond acceptors (Lipinski definition) is 7. The number of amidine groups is 1. The number of halogens is 2. The van der Waals surface area contributed by atoms with Crippen LogP contribution in [-0.2, 0) is 14.3 Å². The summed E-state index contributed by atoms with van der Waals surface area (Å²) in [6.45, 7) is 2.16. The quantitative estimate of drug-likeness (QED) is 0.709. The van der Waals surface area contributed by atoms with E-state index in [-0.39, 0.29) is 30.2 Å². The third-order valence-corrected chi connectivity index (χ3v) is 6.13. The zero-order chi connectivity index (χ0) is 21.4. The third-order valence-electron chi connectivity index (χ3n) is 5.04. The van der Waals surface area contributed by atoms with Gasteiger partial charge in [0.1, 0.15) is 11.9 Å². The maximum Gasteiger partial charge on any atom is 0.338 e. The molecule has 1 aromatic carbocycles. The SMILES string of the molecule is CCOC(=O)C1=C2C[C@@H](C(N)=O)CN2C(c2nccs2)=N[C@H]1c1ccc(F)cc1Cl. The van der Waals surface area contributed by atoms with Crippen molar-refractivity contribution < 1.29 is 18.7 Å². The van der Waals surface area contributed by atoms with Crippen LogP contribution in [0.1, 0.15) is 30.0 Å². The Balaban J connectivity index is 1.92. The van der Waals surface area contributed by atoms with Gasteiger partial charge in [-0.05, 0) is 19.1 Å². The molecule has 2 atom stereocenters. The Labute approximate surface area is 181 Å². The number of thiazole rings is 1. The molecule has 4 rings (SSSR count). The molecule has 10 heteroatoms. The second-order valence-electron chi connectivity index (χ2n) is 6.85. The first-order valence-corrected chi connectivity index (χ1v) is 10.6. The van der Waals surface area contributed by atoms with E-state index in [1.807, 2.05) is 5.38 Å². The third kappa shape index (κ3) is 3.59. The van der Waals surface area contributed by atoms with Crippen LogP contribution in [0.2, 0.25) is 5.02 Å². The fourth-order valence-corrected chi connectivity index (χ4v) is 4.62. The second-order valence-corrected chi connectivity index (χ2v) is 8.15. The fourth-order valence-electron chi connectivity index (χ4n) is 3.70. The van der Waals surface area contributed by atoms with E-state index in [1.54, 1.807) is 18.0 Å². The summed E-state index contributed by atoms with van der Waals surface area (Å²) >= 11 is 7.70. The van der Waals surface area contributed by atoms with Gasteiger partial charge in [0, 0.05) is 40.8 Å². The molecule has 2 aliphatic heterocycles. The highest BCUT2D eigenvalue weighted by Gasteiger charge is 2.43. The number of aromatic nitrogens is 1. The van der Waals surface area contributed by atoms with Gasteiger partial charge >= 0.3 is 5.97 Å². The van der Waals surface area contributed by atoms with Crippen LogP contribution in [0.3, 0.4) is 0 Å². The summed E-state index contributed by atoms with van der Waals surface area (Å²) in [4.78, 5) is 35.8. The molecule has 0 unspecified atom stereocenters. The molecule has 0 aliphatic carbocycles. The van der Waals surface area contributed by atoms with Crippen molar-refractivity contribution in [1.82, 2.24) is 9.88 Å². The van der Waals surface area contributed by atoms with Gasteiger partial charge in [0.15, 0.2) is 10.8 Å². The molecule has 1 aromatic heterocycles. The minimum atomic E-state index is -0.825. The number of aliphatic imine (C=N–C) groups is 1. The van der Waals surface area contributed by atoms with Crippen LogP contribution in [0.5, 0.6) is 0 Å². The van der Waals surface area contributed by atoms with Crippen molar-refractivity contribution in [1.29, 1.82) is 0 Å². The molecule has 2 aliphatic rings. The van der Waals surface area contributed by atoms with Crippen molar-refractivity contribution in [2.24, 2.45) is 16.6 Å². The molecule has 0 spiro atoms. The van der Waals surface area contributed by atoms with E-state index in [2.05, 4.69) is 4.98 Å². The second kappa shape index (κ2) is 8.16. The Hall–Kier alpha value is -2.78. The largest absolute Gasteiger partial charge is 0.463 e. The van der Waals surface area contributed by atoms with Gasteiger partial charge in [-0.15, -0.1) is 11.3 Å². The highest BCUT2D eigenvalue weighted by atomic mass is 35.5. The van der Waals surface area contributed by atoms with Crippen molar-refractivity contribution in [3.8, 4) is 0 Å². The minimum absolute atomic E-state index is 0.141. The maximum absolute atomic E-state index is 13.7. The average molecular weight is 449 g/mol. The number of carbonyl (C=O) groups is 2. The minimum Gasteiger partial charge on any atom is -0.463 e. The molecular weight excluding hydrogens is 431 g/mol. The van der Waals surface area contributed by atoms with Gasteiger partial charge in [-0.1, -0.05) is 17.7 Å². The predicted molar refractivity (Wildman–Crippen MR) is 110 cm³/mol. The molecule has 0 bridgehead atoms. The van der Waals surface area contributed by atoms with Crippen LogP contribution in [-0.4, -0.2) is 40.7 Å². The van der Waals surface area contributed by atoms with Gasteiger partial charge in [-0.3, -0.25) is 9.79 Å². The number of fused-ring (bicyclic) bond motifs is 1.